The first kappa shape index (κ1) is 14.1. The molecule has 0 rings (SSSR count). The molecule has 0 aromatic carbocycles. The number of hydrogen-bond donors (Lipinski definition) is 2. The average molecular weight is 229 g/mol. The van der Waals surface area contributed by atoms with Crippen LogP contribution in [0, 0.1) is 0 Å². The summed E-state index contributed by atoms with van der Waals surface area (Å²) in [5, 5.41) is 2.49. The van der Waals surface area contributed by atoms with Gasteiger partial charge in [0, 0.05) is 0 Å². The fraction of sp³-hybridized carbons (Fsp3) is 0.571. The summed E-state index contributed by atoms with van der Waals surface area (Å²) < 4.78 is 30.6. The predicted molar refractivity (Wildman–Crippen MR) is 53.7 cm³/mol. The van der Waals surface area contributed by atoms with Crippen molar-refractivity contribution in [1.82, 2.24) is 5.32 Å². The van der Waals surface area contributed by atoms with Gasteiger partial charge in [0.2, 0.25) is 0 Å². The minimum atomic E-state index is -4.07. The summed E-state index contributed by atoms with van der Waals surface area (Å²) in [5.74, 6) is -0.907. The number of rotatable bonds is 5. The molecule has 7 heteroatoms. The molecule has 0 aliphatic heterocycles. The van der Waals surface area contributed by atoms with E-state index in [2.05, 4.69) is 11.9 Å². The van der Waals surface area contributed by atoms with Crippen LogP contribution in [-0.4, -0.2) is 58.1 Å². The van der Waals surface area contributed by atoms with E-state index in [0.717, 1.165) is 34.0 Å². The molecule has 2 N–H and O–H groups in total. The van der Waals surface area contributed by atoms with Crippen LogP contribution in [0.5, 0.6) is 0 Å². The molecule has 1 amide bonds. The molecule has 0 radical (unpaired) electrons. The van der Waals surface area contributed by atoms with E-state index in [0.29, 0.717) is 3.67 Å². The second-order valence-corrected chi connectivity index (χ2v) is 5.49. The number of amides is 1. The first-order valence-electron chi connectivity index (χ1n) is 4.12. The van der Waals surface area contributed by atoms with Crippen molar-refractivity contribution in [3.63, 3.8) is 0 Å². The van der Waals surface area contributed by atoms with Crippen molar-refractivity contribution in [2.45, 2.75) is 16.1 Å². The molecule has 5 nitrogen and oxygen atoms in total. The summed E-state index contributed by atoms with van der Waals surface area (Å²) in [6.45, 7) is 4.84. The van der Waals surface area contributed by atoms with Crippen LogP contribution in [0.1, 0.15) is 6.92 Å². The van der Waals surface area contributed by atoms with Gasteiger partial charge in [-0.25, -0.2) is 0 Å². The second kappa shape index (κ2) is 5.27. The molecule has 1 atom stereocenters. The molecule has 76 valence electrons. The van der Waals surface area contributed by atoms with E-state index in [1.807, 2.05) is 0 Å². The van der Waals surface area contributed by atoms with Crippen molar-refractivity contribution in [3.05, 3.63) is 12.7 Å². The van der Waals surface area contributed by atoms with Gasteiger partial charge in [-0.15, -0.1) is 0 Å². The molecule has 0 fully saturated rings. The van der Waals surface area contributed by atoms with Crippen LogP contribution in [0.2, 0.25) is 3.67 Å². The Morgan fingerprint density at radius 3 is 2.50 bits per heavy atom. The Morgan fingerprint density at radius 1 is 1.71 bits per heavy atom. The van der Waals surface area contributed by atoms with Gasteiger partial charge in [-0.3, -0.25) is 0 Å². The van der Waals surface area contributed by atoms with Crippen molar-refractivity contribution in [3.8, 4) is 0 Å². The van der Waals surface area contributed by atoms with Gasteiger partial charge in [0.1, 0.15) is 0 Å². The Hall–Kier alpha value is 0.120. The number of carbonyl (C=O) groups is 1. The molecule has 0 aliphatic rings. The number of carbonyl (C=O) groups excluding carboxylic acids is 1. The molecule has 0 heterocycles. The monoisotopic (exact) mass is 229 g/mol. The first-order chi connectivity index (χ1) is 6.22. The fourth-order valence-corrected chi connectivity index (χ4v) is 2.85. The van der Waals surface area contributed by atoms with Gasteiger partial charge < -0.3 is 0 Å². The quantitative estimate of drug-likeness (QED) is 0.379. The predicted octanol–water partition coefficient (Wildman–Crippen LogP) is -0.478. The van der Waals surface area contributed by atoms with E-state index < -0.39 is 27.3 Å². The molecule has 1 unspecified atom stereocenters. The maximum absolute atomic E-state index is 11.0. The molecule has 0 aliphatic carbocycles. The van der Waals surface area contributed by atoms with E-state index in [-0.39, 0.29) is 0 Å². The topological polar surface area (TPSA) is 83.5 Å². The van der Waals surface area contributed by atoms with Gasteiger partial charge in [0.25, 0.3) is 0 Å². The van der Waals surface area contributed by atoms with Crippen LogP contribution in [0.3, 0.4) is 0 Å². The Labute approximate surface area is 101 Å². The Morgan fingerprint density at radius 2 is 2.21 bits per heavy atom. The molecular formula is C7H12NNaO4S. The van der Waals surface area contributed by atoms with Gasteiger partial charge in [-0.2, -0.15) is 0 Å². The zero-order valence-electron chi connectivity index (χ0n) is 8.28. The molecule has 0 spiro atoms. The molecule has 14 heavy (non-hydrogen) atoms. The third kappa shape index (κ3) is 5.77. The van der Waals surface area contributed by atoms with Crippen LogP contribution in [0.15, 0.2) is 12.7 Å². The van der Waals surface area contributed by atoms with Crippen LogP contribution < -0.4 is 5.32 Å². The molecule has 0 bridgehead atoms. The molecule has 0 saturated carbocycles. The zero-order valence-corrected chi connectivity index (χ0v) is 11.1. The zero-order chi connectivity index (χ0) is 11.4. The van der Waals surface area contributed by atoms with Crippen molar-refractivity contribution < 1.29 is 17.8 Å². The van der Waals surface area contributed by atoms with Crippen molar-refractivity contribution in [1.29, 1.82) is 0 Å². The molecule has 0 saturated heterocycles. The normalized spacial score (nSPS) is 15.7. The minimum absolute atomic E-state index is 0.438. The van der Waals surface area contributed by atoms with E-state index in [1.165, 1.54) is 0 Å². The van der Waals surface area contributed by atoms with Crippen LogP contribution in [0.25, 0.3) is 0 Å². The third-order valence-electron chi connectivity index (χ3n) is 1.89. The summed E-state index contributed by atoms with van der Waals surface area (Å²) >= 11 is 0.724. The van der Waals surface area contributed by atoms with Gasteiger partial charge in [-0.1, -0.05) is 0 Å². The van der Waals surface area contributed by atoms with E-state index >= 15 is 0 Å². The van der Waals surface area contributed by atoms with Crippen molar-refractivity contribution >= 4 is 44.0 Å². The Balaban J connectivity index is 4.64. The summed E-state index contributed by atoms with van der Waals surface area (Å²) in [7, 11) is -4.07. The van der Waals surface area contributed by atoms with E-state index in [1.54, 1.807) is 6.92 Å². The summed E-state index contributed by atoms with van der Waals surface area (Å²) in [5.41, 5.74) is -0.898. The average Bonchev–Trinajstić information content (AvgIpc) is 2.00. The van der Waals surface area contributed by atoms with E-state index in [4.69, 9.17) is 4.55 Å². The van der Waals surface area contributed by atoms with Crippen LogP contribution in [-0.2, 0) is 14.9 Å². The summed E-state index contributed by atoms with van der Waals surface area (Å²) in [6, 6.07) is 0. The Bertz CT molecular complexity index is 327. The first-order valence-corrected chi connectivity index (χ1v) is 7.14. The summed E-state index contributed by atoms with van der Waals surface area (Å²) in [6.07, 6.45) is 1.07. The van der Waals surface area contributed by atoms with Gasteiger partial charge in [-0.05, 0) is 0 Å². The number of nitrogens with one attached hydrogen (secondary N) is 1. The molecule has 0 aromatic rings. The standard InChI is InChI=1S/C7H12NO4S.Na/c1-4-6(9)8-7(2,3)5-13(10,11)12;/h4H,1-2,5H2,3H3,(H,8,9)(H,10,11,12);. The van der Waals surface area contributed by atoms with Crippen molar-refractivity contribution in [2.24, 2.45) is 0 Å². The SMILES string of the molecule is C=CC(=O)NC(C)([CH2][Na])CS(=O)(=O)O. The number of hydrogen-bond acceptors (Lipinski definition) is 3. The van der Waals surface area contributed by atoms with Crippen LogP contribution >= 0.6 is 0 Å². The van der Waals surface area contributed by atoms with Gasteiger partial charge >= 0.3 is 102 Å². The summed E-state index contributed by atoms with van der Waals surface area (Å²) in [4.78, 5) is 11.0. The second-order valence-electron chi connectivity index (χ2n) is 3.33. The van der Waals surface area contributed by atoms with Crippen molar-refractivity contribution in [2.75, 3.05) is 5.75 Å². The fourth-order valence-electron chi connectivity index (χ4n) is 0.978. The Kier molecular flexibility index (Phi) is 5.32. The molecule has 0 aromatic heterocycles. The third-order valence-corrected chi connectivity index (χ3v) is 4.45. The van der Waals surface area contributed by atoms with Crippen LogP contribution in [0.4, 0.5) is 0 Å². The maximum atomic E-state index is 11.0. The molecular weight excluding hydrogens is 217 g/mol. The van der Waals surface area contributed by atoms with Gasteiger partial charge in [0.05, 0.1) is 0 Å². The van der Waals surface area contributed by atoms with E-state index in [9.17, 15) is 13.2 Å². The van der Waals surface area contributed by atoms with Gasteiger partial charge in [0.15, 0.2) is 0 Å².